The van der Waals surface area contributed by atoms with E-state index in [2.05, 4.69) is 22.9 Å². The molecule has 0 saturated heterocycles. The second-order valence-electron chi connectivity index (χ2n) is 3.64. The zero-order chi connectivity index (χ0) is 10.6. The average Bonchev–Trinajstić information content (AvgIpc) is 2.19. The van der Waals surface area contributed by atoms with Gasteiger partial charge in [-0.25, -0.2) is 4.39 Å². The molecule has 1 aromatic rings. The zero-order valence-electron chi connectivity index (χ0n) is 8.69. The summed E-state index contributed by atoms with van der Waals surface area (Å²) in [5, 5.41) is 0. The standard InChI is InChI=1S/C12H16BrF/c1-3-11(13)6-5-10-8-9(2)4-7-12(10)14/h4,7-8,11H,3,5-6H2,1-2H3. The van der Waals surface area contributed by atoms with Gasteiger partial charge in [-0.1, -0.05) is 40.5 Å². The quantitative estimate of drug-likeness (QED) is 0.709. The summed E-state index contributed by atoms with van der Waals surface area (Å²) in [6.45, 7) is 4.13. The molecule has 0 nitrogen and oxygen atoms in total. The molecule has 1 rings (SSSR count). The molecular formula is C12H16BrF. The van der Waals surface area contributed by atoms with Gasteiger partial charge in [0.2, 0.25) is 0 Å². The largest absolute Gasteiger partial charge is 0.207 e. The molecule has 0 aromatic heterocycles. The lowest BCUT2D eigenvalue weighted by Gasteiger charge is -2.07. The molecule has 1 unspecified atom stereocenters. The van der Waals surface area contributed by atoms with Crippen molar-refractivity contribution in [3.8, 4) is 0 Å². The summed E-state index contributed by atoms with van der Waals surface area (Å²) in [4.78, 5) is 0.502. The smallest absolute Gasteiger partial charge is 0.126 e. The van der Waals surface area contributed by atoms with Crippen LogP contribution in [0.3, 0.4) is 0 Å². The molecule has 14 heavy (non-hydrogen) atoms. The van der Waals surface area contributed by atoms with Crippen molar-refractivity contribution in [2.24, 2.45) is 0 Å². The van der Waals surface area contributed by atoms with Crippen LogP contribution in [0.1, 0.15) is 30.9 Å². The minimum absolute atomic E-state index is 0.0774. The Kier molecular flexibility index (Phi) is 4.59. The maximum Gasteiger partial charge on any atom is 0.126 e. The van der Waals surface area contributed by atoms with Crippen molar-refractivity contribution >= 4 is 15.9 Å². The predicted molar refractivity (Wildman–Crippen MR) is 62.5 cm³/mol. The van der Waals surface area contributed by atoms with Crippen molar-refractivity contribution in [2.45, 2.75) is 37.9 Å². The van der Waals surface area contributed by atoms with E-state index in [4.69, 9.17) is 0 Å². The van der Waals surface area contributed by atoms with Gasteiger partial charge in [-0.05, 0) is 37.8 Å². The van der Waals surface area contributed by atoms with Crippen LogP contribution in [-0.2, 0) is 6.42 Å². The molecule has 0 spiro atoms. The molecule has 0 aliphatic rings. The van der Waals surface area contributed by atoms with Crippen LogP contribution in [-0.4, -0.2) is 4.83 Å². The molecule has 78 valence electrons. The fraction of sp³-hybridized carbons (Fsp3) is 0.500. The van der Waals surface area contributed by atoms with Gasteiger partial charge >= 0.3 is 0 Å². The van der Waals surface area contributed by atoms with Crippen LogP contribution in [0.5, 0.6) is 0 Å². The second kappa shape index (κ2) is 5.50. The molecule has 0 amide bonds. The first kappa shape index (κ1) is 11.7. The molecule has 0 heterocycles. The minimum Gasteiger partial charge on any atom is -0.207 e. The van der Waals surface area contributed by atoms with Gasteiger partial charge in [-0.3, -0.25) is 0 Å². The SMILES string of the molecule is CCC(Br)CCc1cc(C)ccc1F. The van der Waals surface area contributed by atoms with Crippen LogP contribution >= 0.6 is 15.9 Å². The van der Waals surface area contributed by atoms with Gasteiger partial charge in [0.15, 0.2) is 0 Å². The lowest BCUT2D eigenvalue weighted by Crippen LogP contribution is -2.00. The van der Waals surface area contributed by atoms with E-state index in [1.165, 1.54) is 0 Å². The van der Waals surface area contributed by atoms with Crippen LogP contribution in [0.25, 0.3) is 0 Å². The highest BCUT2D eigenvalue weighted by molar-refractivity contribution is 9.09. The van der Waals surface area contributed by atoms with Crippen LogP contribution < -0.4 is 0 Å². The van der Waals surface area contributed by atoms with Crippen LogP contribution in [0.4, 0.5) is 4.39 Å². The van der Waals surface area contributed by atoms with Crippen molar-refractivity contribution in [1.29, 1.82) is 0 Å². The first-order valence-corrected chi connectivity index (χ1v) is 5.94. The van der Waals surface area contributed by atoms with Crippen LogP contribution in [0, 0.1) is 12.7 Å². The Labute approximate surface area is 93.7 Å². The Morgan fingerprint density at radius 3 is 2.79 bits per heavy atom. The number of halogens is 2. The van der Waals surface area contributed by atoms with Crippen molar-refractivity contribution < 1.29 is 4.39 Å². The summed E-state index contributed by atoms with van der Waals surface area (Å²) in [5.41, 5.74) is 1.96. The Balaban J connectivity index is 2.62. The number of aryl methyl sites for hydroxylation is 2. The monoisotopic (exact) mass is 258 g/mol. The van der Waals surface area contributed by atoms with Gasteiger partial charge in [0.1, 0.15) is 5.82 Å². The maximum absolute atomic E-state index is 13.3. The van der Waals surface area contributed by atoms with Crippen molar-refractivity contribution in [1.82, 2.24) is 0 Å². The number of hydrogen-bond acceptors (Lipinski definition) is 0. The summed E-state index contributed by atoms with van der Waals surface area (Å²) < 4.78 is 13.3. The number of alkyl halides is 1. The highest BCUT2D eigenvalue weighted by Crippen LogP contribution is 2.17. The van der Waals surface area contributed by atoms with Crippen molar-refractivity contribution in [2.75, 3.05) is 0 Å². The zero-order valence-corrected chi connectivity index (χ0v) is 10.3. The lowest BCUT2D eigenvalue weighted by molar-refractivity contribution is 0.601. The van der Waals surface area contributed by atoms with E-state index in [1.807, 2.05) is 19.1 Å². The summed E-state index contributed by atoms with van der Waals surface area (Å²) in [6.07, 6.45) is 2.90. The van der Waals surface area contributed by atoms with Gasteiger partial charge in [-0.15, -0.1) is 0 Å². The molecule has 2 heteroatoms. The summed E-state index contributed by atoms with van der Waals surface area (Å²) >= 11 is 3.55. The fourth-order valence-corrected chi connectivity index (χ4v) is 1.64. The average molecular weight is 259 g/mol. The Bertz CT molecular complexity index is 296. The Morgan fingerprint density at radius 2 is 2.14 bits per heavy atom. The molecule has 0 fully saturated rings. The molecule has 0 N–H and O–H groups in total. The summed E-state index contributed by atoms with van der Waals surface area (Å²) in [7, 11) is 0. The van der Waals surface area contributed by atoms with E-state index in [0.717, 1.165) is 30.4 Å². The van der Waals surface area contributed by atoms with Crippen LogP contribution in [0.15, 0.2) is 18.2 Å². The van der Waals surface area contributed by atoms with Gasteiger partial charge in [-0.2, -0.15) is 0 Å². The van der Waals surface area contributed by atoms with E-state index >= 15 is 0 Å². The third kappa shape index (κ3) is 3.41. The van der Waals surface area contributed by atoms with E-state index in [0.29, 0.717) is 4.83 Å². The van der Waals surface area contributed by atoms with Crippen molar-refractivity contribution in [3.05, 3.63) is 35.1 Å². The normalized spacial score (nSPS) is 12.9. The first-order chi connectivity index (χ1) is 6.63. The molecule has 1 atom stereocenters. The van der Waals surface area contributed by atoms with E-state index in [1.54, 1.807) is 6.07 Å². The molecule has 0 bridgehead atoms. The molecular weight excluding hydrogens is 243 g/mol. The topological polar surface area (TPSA) is 0 Å². The third-order valence-corrected chi connectivity index (χ3v) is 3.48. The number of benzene rings is 1. The highest BCUT2D eigenvalue weighted by atomic mass is 79.9. The summed E-state index contributed by atoms with van der Waals surface area (Å²) in [5.74, 6) is -0.0774. The Hall–Kier alpha value is -0.370. The third-order valence-electron chi connectivity index (χ3n) is 2.37. The minimum atomic E-state index is -0.0774. The molecule has 0 aliphatic carbocycles. The van der Waals surface area contributed by atoms with Crippen LogP contribution in [0.2, 0.25) is 0 Å². The molecule has 0 radical (unpaired) electrons. The predicted octanol–water partition coefficient (Wildman–Crippen LogP) is 4.24. The van der Waals surface area contributed by atoms with E-state index in [-0.39, 0.29) is 5.82 Å². The van der Waals surface area contributed by atoms with Gasteiger partial charge < -0.3 is 0 Å². The first-order valence-electron chi connectivity index (χ1n) is 5.02. The van der Waals surface area contributed by atoms with Gasteiger partial charge in [0.05, 0.1) is 0 Å². The van der Waals surface area contributed by atoms with Gasteiger partial charge in [0.25, 0.3) is 0 Å². The Morgan fingerprint density at radius 1 is 1.43 bits per heavy atom. The lowest BCUT2D eigenvalue weighted by atomic mass is 10.0. The molecule has 0 saturated carbocycles. The highest BCUT2D eigenvalue weighted by Gasteiger charge is 2.05. The van der Waals surface area contributed by atoms with Gasteiger partial charge in [0, 0.05) is 4.83 Å². The molecule has 1 aromatic carbocycles. The number of rotatable bonds is 4. The maximum atomic E-state index is 13.3. The van der Waals surface area contributed by atoms with Crippen molar-refractivity contribution in [3.63, 3.8) is 0 Å². The van der Waals surface area contributed by atoms with E-state index < -0.39 is 0 Å². The number of hydrogen-bond donors (Lipinski definition) is 0. The summed E-state index contributed by atoms with van der Waals surface area (Å²) in [6, 6.07) is 5.30. The molecule has 0 aliphatic heterocycles. The fourth-order valence-electron chi connectivity index (χ4n) is 1.41. The second-order valence-corrected chi connectivity index (χ2v) is 4.93. The van der Waals surface area contributed by atoms with E-state index in [9.17, 15) is 4.39 Å².